The van der Waals surface area contributed by atoms with E-state index in [1.54, 1.807) is 0 Å². The summed E-state index contributed by atoms with van der Waals surface area (Å²) in [7, 11) is 1.15. The number of rotatable bonds is 3. The summed E-state index contributed by atoms with van der Waals surface area (Å²) >= 11 is 0. The maximum absolute atomic E-state index is 12.4. The van der Waals surface area contributed by atoms with Crippen molar-refractivity contribution in [1.82, 2.24) is 4.98 Å². The zero-order valence-corrected chi connectivity index (χ0v) is 11.2. The van der Waals surface area contributed by atoms with Gasteiger partial charge in [-0.2, -0.15) is 0 Å². The number of H-pyrrole nitrogens is 1. The molecule has 1 heterocycles. The number of carbonyl (C=O) groups excluding carboxylic acids is 1. The molecule has 0 aliphatic carbocycles. The Balaban J connectivity index is 2.57. The third kappa shape index (κ3) is 3.46. The first-order chi connectivity index (χ1) is 10.3. The number of aromatic amines is 1. The van der Waals surface area contributed by atoms with Crippen LogP contribution in [0.25, 0.3) is 11.1 Å². The molecule has 2 aromatic rings. The van der Waals surface area contributed by atoms with Crippen molar-refractivity contribution in [2.75, 3.05) is 7.11 Å². The first-order valence-corrected chi connectivity index (χ1v) is 5.98. The van der Waals surface area contributed by atoms with Gasteiger partial charge < -0.3 is 14.5 Å². The van der Waals surface area contributed by atoms with Gasteiger partial charge in [-0.1, -0.05) is 18.2 Å². The highest BCUT2D eigenvalue weighted by Crippen LogP contribution is 2.32. The minimum atomic E-state index is -4.90. The molecule has 0 bridgehead atoms. The van der Waals surface area contributed by atoms with Crippen molar-refractivity contribution in [1.29, 1.82) is 0 Å². The predicted octanol–water partition coefficient (Wildman–Crippen LogP) is 2.73. The molecule has 0 spiro atoms. The van der Waals surface area contributed by atoms with Crippen LogP contribution in [-0.2, 0) is 4.74 Å². The van der Waals surface area contributed by atoms with Gasteiger partial charge in [-0.05, 0) is 12.1 Å². The van der Waals surface area contributed by atoms with Crippen LogP contribution in [0.2, 0.25) is 0 Å². The Hall–Kier alpha value is -2.77. The molecule has 0 unspecified atom stereocenters. The first-order valence-electron chi connectivity index (χ1n) is 5.98. The number of carbonyl (C=O) groups is 1. The van der Waals surface area contributed by atoms with Gasteiger partial charge in [0, 0.05) is 11.8 Å². The molecule has 0 saturated carbocycles. The zero-order valence-electron chi connectivity index (χ0n) is 11.2. The maximum atomic E-state index is 12.4. The number of alkyl halides is 3. The molecule has 0 amide bonds. The minimum Gasteiger partial charge on any atom is -0.465 e. The lowest BCUT2D eigenvalue weighted by molar-refractivity contribution is -0.274. The normalized spacial score (nSPS) is 11.1. The quantitative estimate of drug-likeness (QED) is 0.885. The molecule has 1 aromatic carbocycles. The molecule has 2 rings (SSSR count). The van der Waals surface area contributed by atoms with Crippen molar-refractivity contribution in [3.63, 3.8) is 0 Å². The van der Waals surface area contributed by atoms with E-state index in [1.807, 2.05) is 0 Å². The Morgan fingerprint density at radius 2 is 1.86 bits per heavy atom. The van der Waals surface area contributed by atoms with Crippen molar-refractivity contribution in [3.8, 4) is 16.9 Å². The number of para-hydroxylation sites is 1. The highest BCUT2D eigenvalue weighted by Gasteiger charge is 2.32. The molecular formula is C14H10F3NO4. The molecule has 0 aliphatic heterocycles. The van der Waals surface area contributed by atoms with E-state index in [-0.39, 0.29) is 16.7 Å². The maximum Gasteiger partial charge on any atom is 0.573 e. The summed E-state index contributed by atoms with van der Waals surface area (Å²) in [6.07, 6.45) is -3.78. The van der Waals surface area contributed by atoms with Gasteiger partial charge in [-0.3, -0.25) is 4.79 Å². The zero-order chi connectivity index (χ0) is 16.3. The van der Waals surface area contributed by atoms with Crippen molar-refractivity contribution < 1.29 is 27.4 Å². The van der Waals surface area contributed by atoms with E-state index < -0.39 is 23.6 Å². The summed E-state index contributed by atoms with van der Waals surface area (Å²) in [5, 5.41) is 0. The Morgan fingerprint density at radius 3 is 2.50 bits per heavy atom. The van der Waals surface area contributed by atoms with Gasteiger partial charge in [0.25, 0.3) is 5.56 Å². The summed E-state index contributed by atoms with van der Waals surface area (Å²) in [5.74, 6) is -1.27. The largest absolute Gasteiger partial charge is 0.573 e. The van der Waals surface area contributed by atoms with Crippen LogP contribution in [0.15, 0.2) is 41.3 Å². The molecule has 5 nitrogen and oxygen atoms in total. The van der Waals surface area contributed by atoms with Crippen molar-refractivity contribution in [2.45, 2.75) is 6.36 Å². The van der Waals surface area contributed by atoms with Crippen LogP contribution in [0.1, 0.15) is 10.4 Å². The molecule has 22 heavy (non-hydrogen) atoms. The van der Waals surface area contributed by atoms with Crippen LogP contribution >= 0.6 is 0 Å². The summed E-state index contributed by atoms with van der Waals surface area (Å²) in [4.78, 5) is 25.6. The van der Waals surface area contributed by atoms with Gasteiger partial charge in [0.2, 0.25) is 0 Å². The fourth-order valence-corrected chi connectivity index (χ4v) is 1.82. The number of halogens is 3. The molecule has 0 saturated heterocycles. The van der Waals surface area contributed by atoms with Crippen molar-refractivity contribution in [3.05, 3.63) is 52.4 Å². The monoisotopic (exact) mass is 313 g/mol. The molecule has 8 heteroatoms. The lowest BCUT2D eigenvalue weighted by Crippen LogP contribution is -2.19. The molecule has 0 fully saturated rings. The van der Waals surface area contributed by atoms with E-state index in [2.05, 4.69) is 14.5 Å². The fraction of sp³-hybridized carbons (Fsp3) is 0.143. The molecule has 0 radical (unpaired) electrons. The fourth-order valence-electron chi connectivity index (χ4n) is 1.82. The second-order valence-electron chi connectivity index (χ2n) is 4.17. The van der Waals surface area contributed by atoms with Crippen LogP contribution in [0.3, 0.4) is 0 Å². The number of benzene rings is 1. The van der Waals surface area contributed by atoms with Gasteiger partial charge >= 0.3 is 12.3 Å². The lowest BCUT2D eigenvalue weighted by Gasteiger charge is -2.13. The van der Waals surface area contributed by atoms with E-state index in [4.69, 9.17) is 0 Å². The third-order valence-electron chi connectivity index (χ3n) is 2.73. The van der Waals surface area contributed by atoms with Crippen LogP contribution < -0.4 is 10.3 Å². The Bertz CT molecular complexity index is 752. The van der Waals surface area contributed by atoms with E-state index in [0.29, 0.717) is 0 Å². The van der Waals surface area contributed by atoms with Gasteiger partial charge in [0.05, 0.1) is 18.2 Å². The molecule has 0 atom stereocenters. The number of pyridine rings is 1. The number of ether oxygens (including phenoxy) is 2. The van der Waals surface area contributed by atoms with Crippen LogP contribution in [0, 0.1) is 0 Å². The number of methoxy groups -OCH3 is 1. The topological polar surface area (TPSA) is 68.4 Å². The number of esters is 1. The number of hydrogen-bond donors (Lipinski definition) is 1. The summed E-state index contributed by atoms with van der Waals surface area (Å²) < 4.78 is 45.7. The van der Waals surface area contributed by atoms with Gasteiger partial charge in [0.1, 0.15) is 5.75 Å². The van der Waals surface area contributed by atoms with Crippen molar-refractivity contribution >= 4 is 5.97 Å². The summed E-state index contributed by atoms with van der Waals surface area (Å²) in [6, 6.07) is 6.29. The highest BCUT2D eigenvalue weighted by atomic mass is 19.4. The lowest BCUT2D eigenvalue weighted by atomic mass is 10.0. The second-order valence-corrected chi connectivity index (χ2v) is 4.17. The smallest absolute Gasteiger partial charge is 0.465 e. The molecule has 116 valence electrons. The van der Waals surface area contributed by atoms with E-state index in [1.165, 1.54) is 18.2 Å². The number of nitrogens with one attached hydrogen (secondary N) is 1. The standard InChI is InChI=1S/C14H10F3NO4/c1-21-13(20)8-6-10(12(19)18-7-8)9-4-2-3-5-11(9)22-14(15,16)17/h2-7H,1H3,(H,18,19). The van der Waals surface area contributed by atoms with Crippen molar-refractivity contribution in [2.24, 2.45) is 0 Å². The molecule has 0 aliphatic rings. The van der Waals surface area contributed by atoms with E-state index in [9.17, 15) is 22.8 Å². The Kier molecular flexibility index (Phi) is 4.20. The second kappa shape index (κ2) is 5.92. The summed E-state index contributed by atoms with van der Waals surface area (Å²) in [5.41, 5.74) is -0.889. The predicted molar refractivity (Wildman–Crippen MR) is 70.5 cm³/mol. The Morgan fingerprint density at radius 1 is 1.18 bits per heavy atom. The average Bonchev–Trinajstić information content (AvgIpc) is 2.46. The molecule has 1 N–H and O–H groups in total. The Labute approximate surface area is 122 Å². The highest BCUT2D eigenvalue weighted by molar-refractivity contribution is 5.90. The number of aromatic nitrogens is 1. The summed E-state index contributed by atoms with van der Waals surface area (Å²) in [6.45, 7) is 0. The van der Waals surface area contributed by atoms with Gasteiger partial charge in [-0.15, -0.1) is 13.2 Å². The SMILES string of the molecule is COC(=O)c1c[nH]c(=O)c(-c2ccccc2OC(F)(F)F)c1. The van der Waals surface area contributed by atoms with Crippen LogP contribution in [-0.4, -0.2) is 24.4 Å². The van der Waals surface area contributed by atoms with Crippen LogP contribution in [0.4, 0.5) is 13.2 Å². The molecule has 1 aromatic heterocycles. The van der Waals surface area contributed by atoms with E-state index >= 15 is 0 Å². The van der Waals surface area contributed by atoms with E-state index in [0.717, 1.165) is 25.4 Å². The van der Waals surface area contributed by atoms with Crippen LogP contribution in [0.5, 0.6) is 5.75 Å². The van der Waals surface area contributed by atoms with Gasteiger partial charge in [-0.25, -0.2) is 4.79 Å². The minimum absolute atomic E-state index is 0.00101. The third-order valence-corrected chi connectivity index (χ3v) is 2.73. The average molecular weight is 313 g/mol. The number of hydrogen-bond acceptors (Lipinski definition) is 4. The first kappa shape index (κ1) is 15.6. The molecular weight excluding hydrogens is 303 g/mol. The van der Waals surface area contributed by atoms with Gasteiger partial charge in [0.15, 0.2) is 0 Å².